The van der Waals surface area contributed by atoms with Gasteiger partial charge in [0, 0.05) is 31.3 Å². The topological polar surface area (TPSA) is 116 Å². The van der Waals surface area contributed by atoms with Gasteiger partial charge in [0.15, 0.2) is 5.82 Å². The summed E-state index contributed by atoms with van der Waals surface area (Å²) in [5.74, 6) is -0.865. The summed E-state index contributed by atoms with van der Waals surface area (Å²) in [6, 6.07) is -0.0201. The summed E-state index contributed by atoms with van der Waals surface area (Å²) in [5.41, 5.74) is 0. The fraction of sp³-hybridized carbons (Fsp3) is 0.545. The third-order valence-corrected chi connectivity index (χ3v) is 2.40. The molecule has 0 bridgehead atoms. The molecule has 0 saturated heterocycles. The number of aliphatic hydroxyl groups excluding tert-OH is 1. The molecule has 8 heteroatoms. The Morgan fingerprint density at radius 3 is 2.63 bits per heavy atom. The number of aromatic nitrogens is 2. The average molecular weight is 270 g/mol. The number of hydrogen-bond donors (Lipinski definition) is 4. The van der Waals surface area contributed by atoms with Crippen molar-refractivity contribution < 1.29 is 19.8 Å². The minimum Gasteiger partial charge on any atom is -0.480 e. The molecular formula is C11H18N4O4. The number of urea groups is 1. The van der Waals surface area contributed by atoms with E-state index in [0.717, 1.165) is 0 Å². The molecule has 0 aliphatic heterocycles. The number of carbonyl (C=O) groups excluding carboxylic acids is 1. The third kappa shape index (κ3) is 4.59. The number of rotatable bonds is 6. The predicted molar refractivity (Wildman–Crippen MR) is 67.9 cm³/mol. The van der Waals surface area contributed by atoms with Gasteiger partial charge in [-0.1, -0.05) is 0 Å². The second-order valence-corrected chi connectivity index (χ2v) is 4.28. The van der Waals surface area contributed by atoms with Gasteiger partial charge in [0.25, 0.3) is 0 Å². The summed E-state index contributed by atoms with van der Waals surface area (Å²) < 4.78 is 1.66. The van der Waals surface area contributed by atoms with E-state index < -0.39 is 18.0 Å². The highest BCUT2D eigenvalue weighted by Gasteiger charge is 2.19. The van der Waals surface area contributed by atoms with E-state index in [9.17, 15) is 9.59 Å². The first-order chi connectivity index (χ1) is 8.93. The Labute approximate surface area is 110 Å². The molecular weight excluding hydrogens is 252 g/mol. The van der Waals surface area contributed by atoms with E-state index in [1.54, 1.807) is 16.9 Å². The molecule has 4 N–H and O–H groups in total. The fourth-order valence-electron chi connectivity index (χ4n) is 1.39. The summed E-state index contributed by atoms with van der Waals surface area (Å²) in [4.78, 5) is 22.4. The monoisotopic (exact) mass is 270 g/mol. The van der Waals surface area contributed by atoms with Crippen molar-refractivity contribution in [3.05, 3.63) is 12.3 Å². The first-order valence-electron chi connectivity index (χ1n) is 5.90. The minimum atomic E-state index is -1.20. The lowest BCUT2D eigenvalue weighted by atomic mass is 10.2. The first kappa shape index (κ1) is 15.0. The molecule has 2 amide bonds. The largest absolute Gasteiger partial charge is 0.480 e. The number of aliphatic hydroxyl groups is 1. The molecule has 1 aromatic rings. The normalized spacial score (nSPS) is 12.2. The number of hydrogen-bond acceptors (Lipinski definition) is 4. The highest BCUT2D eigenvalue weighted by atomic mass is 16.4. The van der Waals surface area contributed by atoms with Crippen molar-refractivity contribution in [2.45, 2.75) is 32.4 Å². The van der Waals surface area contributed by atoms with Crippen LogP contribution in [-0.4, -0.2) is 44.6 Å². The van der Waals surface area contributed by atoms with E-state index in [1.807, 2.05) is 13.8 Å². The maximum atomic E-state index is 11.6. The van der Waals surface area contributed by atoms with E-state index in [4.69, 9.17) is 10.2 Å². The first-order valence-corrected chi connectivity index (χ1v) is 5.90. The van der Waals surface area contributed by atoms with Crippen molar-refractivity contribution >= 4 is 17.8 Å². The van der Waals surface area contributed by atoms with Gasteiger partial charge in [0.2, 0.25) is 0 Å². The van der Waals surface area contributed by atoms with Crippen LogP contribution in [0.4, 0.5) is 10.6 Å². The maximum absolute atomic E-state index is 11.6. The average Bonchev–Trinajstić information content (AvgIpc) is 2.76. The van der Waals surface area contributed by atoms with E-state index in [1.165, 1.54) is 0 Å². The Morgan fingerprint density at radius 1 is 1.47 bits per heavy atom. The smallest absolute Gasteiger partial charge is 0.326 e. The molecule has 1 rings (SSSR count). The van der Waals surface area contributed by atoms with Gasteiger partial charge in [-0.15, -0.1) is 0 Å². The Bertz CT molecular complexity index is 444. The molecule has 1 unspecified atom stereocenters. The molecule has 0 aliphatic carbocycles. The van der Waals surface area contributed by atoms with Crippen molar-refractivity contribution in [3.63, 3.8) is 0 Å². The van der Waals surface area contributed by atoms with Crippen LogP contribution in [-0.2, 0) is 4.79 Å². The third-order valence-electron chi connectivity index (χ3n) is 2.40. The molecule has 1 atom stereocenters. The Hall–Kier alpha value is -2.09. The predicted octanol–water partition coefficient (Wildman–Crippen LogP) is 0.421. The van der Waals surface area contributed by atoms with Gasteiger partial charge in [-0.25, -0.2) is 9.59 Å². The second-order valence-electron chi connectivity index (χ2n) is 4.28. The number of anilines is 1. The lowest BCUT2D eigenvalue weighted by Gasteiger charge is -2.13. The van der Waals surface area contributed by atoms with Crippen LogP contribution in [0.25, 0.3) is 0 Å². The fourth-order valence-corrected chi connectivity index (χ4v) is 1.39. The number of nitrogens with zero attached hydrogens (tertiary/aromatic N) is 2. The highest BCUT2D eigenvalue weighted by Crippen LogP contribution is 2.07. The molecule has 1 heterocycles. The lowest BCUT2D eigenvalue weighted by Crippen LogP contribution is -2.43. The molecule has 0 aromatic carbocycles. The summed E-state index contributed by atoms with van der Waals surface area (Å²) in [6.45, 7) is 3.57. The molecule has 0 fully saturated rings. The van der Waals surface area contributed by atoms with Crippen LogP contribution in [0.15, 0.2) is 12.3 Å². The van der Waals surface area contributed by atoms with Crippen LogP contribution in [0.5, 0.6) is 0 Å². The highest BCUT2D eigenvalue weighted by molar-refractivity contribution is 5.91. The van der Waals surface area contributed by atoms with Crippen LogP contribution in [0.1, 0.15) is 26.3 Å². The molecule has 0 aliphatic rings. The van der Waals surface area contributed by atoms with Gasteiger partial charge in [-0.05, 0) is 13.8 Å². The van der Waals surface area contributed by atoms with Crippen molar-refractivity contribution in [3.8, 4) is 0 Å². The molecule has 0 saturated carbocycles. The van der Waals surface area contributed by atoms with Crippen molar-refractivity contribution in [2.24, 2.45) is 0 Å². The van der Waals surface area contributed by atoms with Gasteiger partial charge in [-0.2, -0.15) is 5.10 Å². The summed E-state index contributed by atoms with van der Waals surface area (Å²) >= 11 is 0. The van der Waals surface area contributed by atoms with Crippen LogP contribution in [0.3, 0.4) is 0 Å². The van der Waals surface area contributed by atoms with Gasteiger partial charge in [-0.3, -0.25) is 10.00 Å². The van der Waals surface area contributed by atoms with E-state index in [0.29, 0.717) is 5.82 Å². The van der Waals surface area contributed by atoms with Gasteiger partial charge < -0.3 is 15.5 Å². The second kappa shape index (κ2) is 6.74. The van der Waals surface area contributed by atoms with E-state index >= 15 is 0 Å². The number of carboxylic acids is 1. The van der Waals surface area contributed by atoms with Crippen LogP contribution in [0.2, 0.25) is 0 Å². The minimum absolute atomic E-state index is 0.0524. The Morgan fingerprint density at radius 2 is 2.16 bits per heavy atom. The zero-order valence-corrected chi connectivity index (χ0v) is 10.8. The quantitative estimate of drug-likeness (QED) is 0.597. The molecule has 0 radical (unpaired) electrons. The standard InChI is InChI=1S/C11H18N4O4/c1-7(2)15-5-3-9(14-15)13-11(19)12-8(4-6-16)10(17)18/h3,5,7-8,16H,4,6H2,1-2H3,(H,17,18)(H2,12,13,14,19). The van der Waals surface area contributed by atoms with Gasteiger partial charge in [0.1, 0.15) is 6.04 Å². The van der Waals surface area contributed by atoms with E-state index in [-0.39, 0.29) is 19.1 Å². The van der Waals surface area contributed by atoms with Crippen molar-refractivity contribution in [2.75, 3.05) is 11.9 Å². The number of amides is 2. The molecule has 19 heavy (non-hydrogen) atoms. The molecule has 0 spiro atoms. The molecule has 106 valence electrons. The number of carboxylic acid groups (broad SMARTS) is 1. The zero-order valence-electron chi connectivity index (χ0n) is 10.8. The van der Waals surface area contributed by atoms with Crippen molar-refractivity contribution in [1.82, 2.24) is 15.1 Å². The zero-order chi connectivity index (χ0) is 14.4. The van der Waals surface area contributed by atoms with E-state index in [2.05, 4.69) is 15.7 Å². The Balaban J connectivity index is 2.56. The molecule has 1 aromatic heterocycles. The summed E-state index contributed by atoms with van der Waals surface area (Å²) in [6.07, 6.45) is 1.66. The summed E-state index contributed by atoms with van der Waals surface area (Å²) in [7, 11) is 0. The van der Waals surface area contributed by atoms with Crippen LogP contribution < -0.4 is 10.6 Å². The SMILES string of the molecule is CC(C)n1ccc(NC(=O)NC(CCO)C(=O)O)n1. The molecule has 8 nitrogen and oxygen atoms in total. The van der Waals surface area contributed by atoms with Gasteiger partial charge >= 0.3 is 12.0 Å². The van der Waals surface area contributed by atoms with Crippen molar-refractivity contribution in [1.29, 1.82) is 0 Å². The number of nitrogens with one attached hydrogen (secondary N) is 2. The Kier molecular flexibility index (Phi) is 5.31. The lowest BCUT2D eigenvalue weighted by molar-refractivity contribution is -0.139. The summed E-state index contributed by atoms with van der Waals surface area (Å²) in [5, 5.41) is 26.3. The van der Waals surface area contributed by atoms with Gasteiger partial charge in [0.05, 0.1) is 0 Å². The maximum Gasteiger partial charge on any atom is 0.326 e. The van der Waals surface area contributed by atoms with Crippen LogP contribution in [0, 0.1) is 0 Å². The number of carbonyl (C=O) groups is 2. The van der Waals surface area contributed by atoms with Crippen LogP contribution >= 0.6 is 0 Å². The number of aliphatic carboxylic acids is 1.